The van der Waals surface area contributed by atoms with Gasteiger partial charge in [-0.25, -0.2) is 4.99 Å². The van der Waals surface area contributed by atoms with Crippen molar-refractivity contribution in [3.05, 3.63) is 69.5 Å². The van der Waals surface area contributed by atoms with Crippen molar-refractivity contribution in [1.29, 1.82) is 0 Å². The minimum atomic E-state index is 0.303. The summed E-state index contributed by atoms with van der Waals surface area (Å²) in [6.07, 6.45) is 1.04. The van der Waals surface area contributed by atoms with E-state index in [1.54, 1.807) is 11.3 Å². The third-order valence-electron chi connectivity index (χ3n) is 4.34. The number of ether oxygens (including phenoxy) is 2. The van der Waals surface area contributed by atoms with E-state index in [4.69, 9.17) is 14.5 Å². The lowest BCUT2D eigenvalue weighted by molar-refractivity contribution is 0.174. The Bertz CT molecular complexity index is 955. The van der Waals surface area contributed by atoms with Crippen LogP contribution in [0.25, 0.3) is 0 Å². The van der Waals surface area contributed by atoms with Gasteiger partial charge in [0.05, 0.1) is 12.2 Å². The minimum Gasteiger partial charge on any atom is -0.454 e. The van der Waals surface area contributed by atoms with Crippen molar-refractivity contribution in [2.45, 2.75) is 26.8 Å². The predicted molar refractivity (Wildman–Crippen MR) is 99.8 cm³/mol. The lowest BCUT2D eigenvalue weighted by atomic mass is 10.2. The third kappa shape index (κ3) is 3.33. The summed E-state index contributed by atoms with van der Waals surface area (Å²) >= 11 is 1.67. The Morgan fingerprint density at radius 2 is 1.80 bits per heavy atom. The summed E-state index contributed by atoms with van der Waals surface area (Å²) in [6.45, 7) is 5.34. The topological polar surface area (TPSA) is 35.8 Å². The maximum Gasteiger partial charge on any atom is 0.231 e. The molecule has 0 atom stereocenters. The number of aryl methyl sites for hydroxylation is 2. The molecule has 0 saturated carbocycles. The van der Waals surface area contributed by atoms with Crippen LogP contribution in [0.2, 0.25) is 0 Å². The van der Waals surface area contributed by atoms with Crippen molar-refractivity contribution in [3.63, 3.8) is 0 Å². The fraction of sp³-hybridized carbons (Fsp3) is 0.250. The van der Waals surface area contributed by atoms with Crippen molar-refractivity contribution >= 4 is 17.0 Å². The first-order valence-electron chi connectivity index (χ1n) is 8.40. The lowest BCUT2D eigenvalue weighted by Gasteiger charge is -2.07. The van der Waals surface area contributed by atoms with Gasteiger partial charge >= 0.3 is 0 Å². The summed E-state index contributed by atoms with van der Waals surface area (Å²) in [5, 5.41) is 2.15. The zero-order valence-electron chi connectivity index (χ0n) is 14.4. The highest BCUT2D eigenvalue weighted by Gasteiger charge is 2.13. The Labute approximate surface area is 151 Å². The molecule has 4 rings (SSSR count). The Balaban J connectivity index is 1.66. The highest BCUT2D eigenvalue weighted by molar-refractivity contribution is 7.07. The van der Waals surface area contributed by atoms with Gasteiger partial charge in [-0.05, 0) is 48.7 Å². The summed E-state index contributed by atoms with van der Waals surface area (Å²) in [7, 11) is 0. The highest BCUT2D eigenvalue weighted by Crippen LogP contribution is 2.32. The molecule has 128 valence electrons. The van der Waals surface area contributed by atoms with Crippen LogP contribution in [-0.2, 0) is 13.0 Å². The molecule has 1 aliphatic rings. The molecule has 0 spiro atoms. The van der Waals surface area contributed by atoms with Crippen molar-refractivity contribution < 1.29 is 9.47 Å². The molecule has 2 heterocycles. The lowest BCUT2D eigenvalue weighted by Crippen LogP contribution is -2.16. The number of benzene rings is 2. The SMILES string of the molecule is CCc1ccc(N=c2scc(C)n2Cc2ccc3c(c2)OCO3)cc1. The Hall–Kier alpha value is -2.53. The molecule has 0 unspecified atom stereocenters. The van der Waals surface area contributed by atoms with Gasteiger partial charge in [0.1, 0.15) is 0 Å². The van der Waals surface area contributed by atoms with Gasteiger partial charge in [0.15, 0.2) is 16.3 Å². The summed E-state index contributed by atoms with van der Waals surface area (Å²) in [5.74, 6) is 1.64. The second kappa shape index (κ2) is 6.76. The summed E-state index contributed by atoms with van der Waals surface area (Å²) in [5.41, 5.74) is 4.69. The molecule has 0 fully saturated rings. The van der Waals surface area contributed by atoms with Gasteiger partial charge in [0.25, 0.3) is 0 Å². The first-order chi connectivity index (χ1) is 12.2. The molecule has 0 aliphatic carbocycles. The minimum absolute atomic E-state index is 0.303. The van der Waals surface area contributed by atoms with Gasteiger partial charge in [0.2, 0.25) is 6.79 Å². The highest BCUT2D eigenvalue weighted by atomic mass is 32.1. The van der Waals surface area contributed by atoms with E-state index in [2.05, 4.69) is 54.1 Å². The number of thiazole rings is 1. The predicted octanol–water partition coefficient (Wildman–Crippen LogP) is 4.43. The Kier molecular flexibility index (Phi) is 4.32. The van der Waals surface area contributed by atoms with Crippen LogP contribution in [-0.4, -0.2) is 11.4 Å². The molecule has 5 heteroatoms. The van der Waals surface area contributed by atoms with Crippen LogP contribution in [0.15, 0.2) is 52.8 Å². The van der Waals surface area contributed by atoms with E-state index in [1.165, 1.54) is 16.8 Å². The number of rotatable bonds is 4. The van der Waals surface area contributed by atoms with Crippen LogP contribution in [0.5, 0.6) is 11.5 Å². The van der Waals surface area contributed by atoms with Crippen LogP contribution in [0.3, 0.4) is 0 Å². The number of fused-ring (bicyclic) bond motifs is 1. The van der Waals surface area contributed by atoms with E-state index >= 15 is 0 Å². The van der Waals surface area contributed by atoms with Gasteiger partial charge in [-0.1, -0.05) is 25.1 Å². The van der Waals surface area contributed by atoms with Crippen LogP contribution in [0.1, 0.15) is 23.7 Å². The fourth-order valence-electron chi connectivity index (χ4n) is 2.83. The molecule has 1 aromatic heterocycles. The average Bonchev–Trinajstić information content (AvgIpc) is 3.23. The van der Waals surface area contributed by atoms with E-state index in [0.717, 1.165) is 35.0 Å². The zero-order valence-corrected chi connectivity index (χ0v) is 15.2. The van der Waals surface area contributed by atoms with E-state index in [1.807, 2.05) is 12.1 Å². The summed E-state index contributed by atoms with van der Waals surface area (Å²) in [6, 6.07) is 14.5. The maximum absolute atomic E-state index is 5.48. The maximum atomic E-state index is 5.48. The molecule has 0 saturated heterocycles. The van der Waals surface area contributed by atoms with Crippen LogP contribution in [0.4, 0.5) is 5.69 Å². The number of hydrogen-bond acceptors (Lipinski definition) is 4. The first-order valence-corrected chi connectivity index (χ1v) is 9.28. The Morgan fingerprint density at radius 1 is 1.04 bits per heavy atom. The Morgan fingerprint density at radius 3 is 2.60 bits per heavy atom. The van der Waals surface area contributed by atoms with Gasteiger partial charge in [-0.15, -0.1) is 11.3 Å². The monoisotopic (exact) mass is 352 g/mol. The standard InChI is InChI=1S/C20H20N2O2S/c1-3-15-4-7-17(8-5-15)21-20-22(14(2)12-25-20)11-16-6-9-18-19(10-16)24-13-23-18/h4-10,12H,3,11,13H2,1-2H3. The van der Waals surface area contributed by atoms with Gasteiger partial charge in [0, 0.05) is 11.1 Å². The largest absolute Gasteiger partial charge is 0.454 e. The first kappa shape index (κ1) is 16.0. The van der Waals surface area contributed by atoms with E-state index < -0.39 is 0 Å². The molecule has 0 bridgehead atoms. The van der Waals surface area contributed by atoms with Gasteiger partial charge in [-0.2, -0.15) is 0 Å². The molecule has 1 aliphatic heterocycles. The number of aromatic nitrogens is 1. The molecule has 0 N–H and O–H groups in total. The van der Waals surface area contributed by atoms with E-state index in [0.29, 0.717) is 6.79 Å². The van der Waals surface area contributed by atoms with Gasteiger partial charge < -0.3 is 14.0 Å². The number of hydrogen-bond donors (Lipinski definition) is 0. The molecule has 4 nitrogen and oxygen atoms in total. The fourth-order valence-corrected chi connectivity index (χ4v) is 3.73. The molecular formula is C20H20N2O2S. The second-order valence-electron chi connectivity index (χ2n) is 6.07. The van der Waals surface area contributed by atoms with Crippen molar-refractivity contribution in [2.24, 2.45) is 4.99 Å². The normalized spacial score (nSPS) is 13.4. The molecule has 3 aromatic rings. The molecule has 2 aromatic carbocycles. The smallest absolute Gasteiger partial charge is 0.231 e. The van der Waals surface area contributed by atoms with Crippen molar-refractivity contribution in [2.75, 3.05) is 6.79 Å². The van der Waals surface area contributed by atoms with Crippen LogP contribution >= 0.6 is 11.3 Å². The molecular weight excluding hydrogens is 332 g/mol. The van der Waals surface area contributed by atoms with Crippen LogP contribution in [0, 0.1) is 6.92 Å². The van der Waals surface area contributed by atoms with E-state index in [9.17, 15) is 0 Å². The van der Waals surface area contributed by atoms with Crippen molar-refractivity contribution in [1.82, 2.24) is 4.57 Å². The van der Waals surface area contributed by atoms with Crippen LogP contribution < -0.4 is 14.3 Å². The summed E-state index contributed by atoms with van der Waals surface area (Å²) < 4.78 is 13.1. The summed E-state index contributed by atoms with van der Waals surface area (Å²) in [4.78, 5) is 5.83. The molecule has 0 radical (unpaired) electrons. The average molecular weight is 352 g/mol. The molecule has 25 heavy (non-hydrogen) atoms. The second-order valence-corrected chi connectivity index (χ2v) is 6.90. The van der Waals surface area contributed by atoms with Crippen molar-refractivity contribution in [3.8, 4) is 11.5 Å². The molecule has 0 amide bonds. The quantitative estimate of drug-likeness (QED) is 0.696. The third-order valence-corrected chi connectivity index (χ3v) is 5.32. The van der Waals surface area contributed by atoms with E-state index in [-0.39, 0.29) is 0 Å². The van der Waals surface area contributed by atoms with Gasteiger partial charge in [-0.3, -0.25) is 0 Å². The number of nitrogens with zero attached hydrogens (tertiary/aromatic N) is 2. The zero-order chi connectivity index (χ0) is 17.2.